The maximum Gasteiger partial charge on any atom is 0.452 e. The van der Waals surface area contributed by atoms with Gasteiger partial charge in [0.25, 0.3) is 0 Å². The molecule has 2 aliphatic rings. The van der Waals surface area contributed by atoms with Crippen molar-refractivity contribution in [2.45, 2.75) is 49.8 Å². The van der Waals surface area contributed by atoms with Gasteiger partial charge in [-0.1, -0.05) is 29.8 Å². The molecule has 1 aromatic carbocycles. The van der Waals surface area contributed by atoms with Gasteiger partial charge in [0.05, 0.1) is 30.7 Å². The van der Waals surface area contributed by atoms with E-state index in [1.54, 1.807) is 25.1 Å². The minimum absolute atomic E-state index is 0.00702. The third-order valence-electron chi connectivity index (χ3n) is 8.33. The van der Waals surface area contributed by atoms with E-state index >= 15 is 0 Å². The summed E-state index contributed by atoms with van der Waals surface area (Å²) >= 11 is 6.19. The van der Waals surface area contributed by atoms with Gasteiger partial charge in [-0.2, -0.15) is 17.5 Å². The van der Waals surface area contributed by atoms with Crippen molar-refractivity contribution in [1.82, 2.24) is 23.9 Å². The van der Waals surface area contributed by atoms with Crippen LogP contribution >= 0.6 is 11.6 Å². The van der Waals surface area contributed by atoms with E-state index < -0.39 is 33.9 Å². The van der Waals surface area contributed by atoms with Crippen LogP contribution < -0.4 is 4.90 Å². The zero-order valence-electron chi connectivity index (χ0n) is 24.1. The number of morpholine rings is 1. The van der Waals surface area contributed by atoms with Gasteiger partial charge in [0.15, 0.2) is 5.65 Å². The van der Waals surface area contributed by atoms with Gasteiger partial charge in [-0.3, -0.25) is 9.20 Å². The number of aromatic nitrogens is 4. The Kier molecular flexibility index (Phi) is 8.00. The van der Waals surface area contributed by atoms with E-state index in [0.717, 1.165) is 9.96 Å². The van der Waals surface area contributed by atoms with Crippen LogP contribution in [0.3, 0.4) is 0 Å². The topological polar surface area (TPSA) is 130 Å². The summed E-state index contributed by atoms with van der Waals surface area (Å²) in [7, 11) is -4.07. The number of sulfonamides is 1. The average molecular weight is 665 g/mol. The van der Waals surface area contributed by atoms with E-state index in [-0.39, 0.29) is 41.1 Å². The largest absolute Gasteiger partial charge is 0.481 e. The van der Waals surface area contributed by atoms with Crippen LogP contribution in [-0.4, -0.2) is 75.7 Å². The van der Waals surface area contributed by atoms with Crippen LogP contribution in [0, 0.1) is 13.8 Å². The number of halogens is 4. The highest BCUT2D eigenvalue weighted by molar-refractivity contribution is 7.89. The number of hydrogen-bond donors (Lipinski definition) is 1. The van der Waals surface area contributed by atoms with Crippen molar-refractivity contribution in [2.24, 2.45) is 0 Å². The molecule has 1 fully saturated rings. The van der Waals surface area contributed by atoms with Crippen molar-refractivity contribution in [3.8, 4) is 0 Å². The Labute approximate surface area is 261 Å². The normalized spacial score (nSPS) is 19.2. The maximum atomic E-state index is 14.0. The van der Waals surface area contributed by atoms with Crippen LogP contribution in [0.4, 0.5) is 19.0 Å². The molecule has 1 saturated heterocycles. The van der Waals surface area contributed by atoms with Crippen LogP contribution in [0.1, 0.15) is 46.0 Å². The number of aryl methyl sites for hydroxylation is 2. The molecule has 0 spiro atoms. The SMILES string of the molecule is Cc1ccc([C@H](CC(=O)O)c2ccn3c(C(F)(F)F)nnc3c2C)cc1CN1CC2COCCN2c2ncc(Cl)cc2S1(=O)=O. The number of carbonyl (C=O) groups is 1. The highest BCUT2D eigenvalue weighted by atomic mass is 35.5. The Morgan fingerprint density at radius 3 is 2.71 bits per heavy atom. The molecule has 0 aliphatic carbocycles. The second-order valence-corrected chi connectivity index (χ2v) is 13.5. The quantitative estimate of drug-likeness (QED) is 0.318. The molecule has 0 saturated carbocycles. The van der Waals surface area contributed by atoms with Crippen molar-refractivity contribution < 1.29 is 36.2 Å². The summed E-state index contributed by atoms with van der Waals surface area (Å²) in [5.74, 6) is -2.76. The van der Waals surface area contributed by atoms with Crippen LogP contribution in [0.5, 0.6) is 0 Å². The predicted molar refractivity (Wildman–Crippen MR) is 157 cm³/mol. The van der Waals surface area contributed by atoms with Crippen LogP contribution in [0.2, 0.25) is 5.02 Å². The van der Waals surface area contributed by atoms with Crippen molar-refractivity contribution in [1.29, 1.82) is 0 Å². The maximum absolute atomic E-state index is 14.0. The number of nitrogens with zero attached hydrogens (tertiary/aromatic N) is 6. The van der Waals surface area contributed by atoms with E-state index in [1.807, 2.05) is 11.8 Å². The van der Waals surface area contributed by atoms with E-state index in [2.05, 4.69) is 15.2 Å². The molecule has 3 aromatic heterocycles. The van der Waals surface area contributed by atoms with Gasteiger partial charge in [0.2, 0.25) is 15.8 Å². The standard InChI is InChI=1S/C29H28ClF3N6O5S/c1-16-3-4-18(23(11-25(40)41)22-5-6-39-26(17(22)2)35-36-28(39)29(31,32)33)9-19(16)13-37-14-21-15-44-8-7-38(21)27-24(45(37,42)43)10-20(30)12-34-27/h3-6,9-10,12,21,23H,7-8,11,13-15H2,1-2H3,(H,40,41)/t21?,23-/m0/s1. The van der Waals surface area contributed by atoms with E-state index in [1.165, 1.54) is 28.8 Å². The molecule has 1 N–H and O–H groups in total. The second kappa shape index (κ2) is 11.5. The van der Waals surface area contributed by atoms with Crippen molar-refractivity contribution >= 4 is 39.1 Å². The number of hydrogen-bond acceptors (Lipinski definition) is 8. The molecule has 2 atom stereocenters. The fraction of sp³-hybridized carbons (Fsp3) is 0.379. The molecule has 238 valence electrons. The van der Waals surface area contributed by atoms with Gasteiger partial charge in [0, 0.05) is 37.9 Å². The van der Waals surface area contributed by atoms with E-state index in [9.17, 15) is 31.5 Å². The summed E-state index contributed by atoms with van der Waals surface area (Å²) in [5, 5.41) is 17.1. The number of pyridine rings is 2. The van der Waals surface area contributed by atoms with Crippen LogP contribution in [0.15, 0.2) is 47.6 Å². The molecule has 0 radical (unpaired) electrons. The lowest BCUT2D eigenvalue weighted by molar-refractivity contribution is -0.145. The van der Waals surface area contributed by atoms with Gasteiger partial charge in [-0.25, -0.2) is 13.4 Å². The first-order valence-electron chi connectivity index (χ1n) is 14.0. The molecule has 11 nitrogen and oxygen atoms in total. The van der Waals surface area contributed by atoms with Crippen molar-refractivity contribution in [2.75, 3.05) is 31.2 Å². The zero-order valence-corrected chi connectivity index (χ0v) is 25.7. The van der Waals surface area contributed by atoms with Gasteiger partial charge in [-0.15, -0.1) is 10.2 Å². The number of alkyl halides is 3. The highest BCUT2D eigenvalue weighted by Crippen LogP contribution is 2.37. The average Bonchev–Trinajstić information content (AvgIpc) is 3.40. The first kappa shape index (κ1) is 31.2. The summed E-state index contributed by atoms with van der Waals surface area (Å²) in [5.41, 5.74) is 2.74. The summed E-state index contributed by atoms with van der Waals surface area (Å²) < 4.78 is 76.3. The summed E-state index contributed by atoms with van der Waals surface area (Å²) in [6.45, 7) is 4.66. The molecule has 4 aromatic rings. The summed E-state index contributed by atoms with van der Waals surface area (Å²) in [6.07, 6.45) is -2.50. The number of benzene rings is 1. The number of carboxylic acids is 1. The number of carboxylic acid groups (broad SMARTS) is 1. The fourth-order valence-corrected chi connectivity index (χ4v) is 7.90. The molecule has 45 heavy (non-hydrogen) atoms. The van der Waals surface area contributed by atoms with Crippen molar-refractivity contribution in [3.63, 3.8) is 0 Å². The first-order valence-corrected chi connectivity index (χ1v) is 15.8. The molecule has 6 rings (SSSR count). The molecular formula is C29H28ClF3N6O5S. The smallest absolute Gasteiger partial charge is 0.452 e. The first-order chi connectivity index (χ1) is 21.3. The fourth-order valence-electron chi connectivity index (χ4n) is 6.04. The minimum Gasteiger partial charge on any atom is -0.481 e. The van der Waals surface area contributed by atoms with Crippen LogP contribution in [-0.2, 0) is 32.3 Å². The van der Waals surface area contributed by atoms with Crippen LogP contribution in [0.25, 0.3) is 5.65 Å². The highest BCUT2D eigenvalue weighted by Gasteiger charge is 2.40. The lowest BCUT2D eigenvalue weighted by atomic mass is 9.85. The van der Waals surface area contributed by atoms with Gasteiger partial charge in [-0.05, 0) is 53.8 Å². The Morgan fingerprint density at radius 2 is 1.98 bits per heavy atom. The zero-order chi connectivity index (χ0) is 32.3. The molecule has 16 heteroatoms. The Morgan fingerprint density at radius 1 is 1.20 bits per heavy atom. The second-order valence-electron chi connectivity index (χ2n) is 11.1. The molecule has 1 unspecified atom stereocenters. The predicted octanol–water partition coefficient (Wildman–Crippen LogP) is 4.43. The third kappa shape index (κ3) is 5.73. The van der Waals surface area contributed by atoms with Gasteiger partial charge >= 0.3 is 12.1 Å². The number of ether oxygens (including phenoxy) is 1. The number of fused-ring (bicyclic) bond motifs is 4. The van der Waals surface area contributed by atoms with Crippen molar-refractivity contribution in [3.05, 3.63) is 81.4 Å². The Balaban J connectivity index is 1.41. The molecule has 0 amide bonds. The third-order valence-corrected chi connectivity index (χ3v) is 10.3. The van der Waals surface area contributed by atoms with Gasteiger partial charge in [0.1, 0.15) is 10.7 Å². The van der Waals surface area contributed by atoms with Gasteiger partial charge < -0.3 is 14.7 Å². The summed E-state index contributed by atoms with van der Waals surface area (Å²) in [4.78, 5) is 18.3. The number of rotatable bonds is 6. The number of anilines is 1. The molecule has 0 bridgehead atoms. The Hall–Kier alpha value is -3.79. The summed E-state index contributed by atoms with van der Waals surface area (Å²) in [6, 6.07) is 7.81. The Bertz CT molecular complexity index is 1920. The lowest BCUT2D eigenvalue weighted by Gasteiger charge is -2.36. The minimum atomic E-state index is -4.73. The molecule has 2 aliphatic heterocycles. The lowest BCUT2D eigenvalue weighted by Crippen LogP contribution is -2.50. The van der Waals surface area contributed by atoms with E-state index in [4.69, 9.17) is 16.3 Å². The van der Waals surface area contributed by atoms with E-state index in [0.29, 0.717) is 47.8 Å². The molecule has 5 heterocycles. The molecular weight excluding hydrogens is 637 g/mol. The number of aliphatic carboxylic acids is 1. The monoisotopic (exact) mass is 664 g/mol.